The van der Waals surface area contributed by atoms with Crippen LogP contribution in [0, 0.1) is 5.92 Å². The summed E-state index contributed by atoms with van der Waals surface area (Å²) in [6.45, 7) is 8.65. The van der Waals surface area contributed by atoms with E-state index in [4.69, 9.17) is 9.47 Å². The van der Waals surface area contributed by atoms with Crippen LogP contribution < -0.4 is 4.90 Å². The van der Waals surface area contributed by atoms with Gasteiger partial charge in [0.1, 0.15) is 11.0 Å². The normalized spacial score (nSPS) is 23.1. The molecule has 1 aromatic carbocycles. The third-order valence-corrected chi connectivity index (χ3v) is 7.04. The molecule has 1 aromatic rings. The van der Waals surface area contributed by atoms with Crippen molar-refractivity contribution in [1.29, 1.82) is 0 Å². The Hall–Kier alpha value is -2.28. The van der Waals surface area contributed by atoms with E-state index in [-0.39, 0.29) is 25.3 Å². The van der Waals surface area contributed by atoms with Crippen molar-refractivity contribution in [2.75, 3.05) is 37.7 Å². The van der Waals surface area contributed by atoms with Crippen LogP contribution in [0.5, 0.6) is 0 Å². The second kappa shape index (κ2) is 8.93. The highest BCUT2D eigenvalue weighted by Crippen LogP contribution is 2.35. The fourth-order valence-corrected chi connectivity index (χ4v) is 4.80. The molecule has 0 spiro atoms. The molecule has 7 heteroatoms. The van der Waals surface area contributed by atoms with E-state index in [0.717, 1.165) is 43.7 Å². The number of carboxylic acid groups (broad SMARTS) is 1. The van der Waals surface area contributed by atoms with Crippen LogP contribution in [0.15, 0.2) is 24.3 Å². The van der Waals surface area contributed by atoms with E-state index in [9.17, 15) is 14.7 Å². The van der Waals surface area contributed by atoms with Gasteiger partial charge in [-0.15, -0.1) is 0 Å². The number of carboxylic acids is 1. The molecular weight excluding hydrogens is 408 g/mol. The number of hydrogen-bond acceptors (Lipinski definition) is 5. The first-order valence-electron chi connectivity index (χ1n) is 11.8. The molecule has 2 saturated heterocycles. The number of piperidine rings is 1. The third kappa shape index (κ3) is 4.72. The summed E-state index contributed by atoms with van der Waals surface area (Å²) in [6.07, 6.45) is 5.39. The molecule has 0 unspecified atom stereocenters. The fourth-order valence-electron chi connectivity index (χ4n) is 4.80. The van der Waals surface area contributed by atoms with Gasteiger partial charge in [-0.2, -0.15) is 0 Å². The summed E-state index contributed by atoms with van der Waals surface area (Å²) < 4.78 is 11.0. The minimum absolute atomic E-state index is 0.115. The Morgan fingerprint density at radius 1 is 1.16 bits per heavy atom. The van der Waals surface area contributed by atoms with Gasteiger partial charge in [-0.3, -0.25) is 4.79 Å². The van der Waals surface area contributed by atoms with Crippen LogP contribution in [0.25, 0.3) is 0 Å². The van der Waals surface area contributed by atoms with Crippen molar-refractivity contribution in [2.24, 2.45) is 5.92 Å². The Kier molecular flexibility index (Phi) is 6.39. The molecule has 1 atom stereocenters. The Balaban J connectivity index is 1.47. The topological polar surface area (TPSA) is 79.3 Å². The molecule has 32 heavy (non-hydrogen) atoms. The van der Waals surface area contributed by atoms with Gasteiger partial charge < -0.3 is 24.4 Å². The van der Waals surface area contributed by atoms with Crippen molar-refractivity contribution in [2.45, 2.75) is 69.9 Å². The SMILES string of the molecule is CC(C)(C)OC(=O)N(CC1CCC1)[C@@H]1CCCN(c2ccc(C3(C(=O)O)COC3)cc2)C1. The molecule has 176 valence electrons. The van der Waals surface area contributed by atoms with Gasteiger partial charge in [-0.05, 0) is 70.1 Å². The lowest BCUT2D eigenvalue weighted by Gasteiger charge is -2.43. The molecule has 0 aromatic heterocycles. The standard InChI is InChI=1S/C25H36N2O5/c1-24(2,3)32-23(30)27(14-18-6-4-7-18)21-8-5-13-26(15-21)20-11-9-19(10-12-20)25(22(28)29)16-31-17-25/h9-12,18,21H,4-8,13-17H2,1-3H3,(H,28,29)/t21-/m1/s1. The lowest BCUT2D eigenvalue weighted by Crippen LogP contribution is -2.53. The predicted octanol–water partition coefficient (Wildman–Crippen LogP) is 4.05. The Labute approximate surface area is 190 Å². The molecular formula is C25H36N2O5. The number of carbonyl (C=O) groups excluding carboxylic acids is 1. The van der Waals surface area contributed by atoms with E-state index in [0.29, 0.717) is 5.92 Å². The molecule has 1 aliphatic carbocycles. The van der Waals surface area contributed by atoms with Gasteiger partial charge in [-0.25, -0.2) is 4.79 Å². The maximum absolute atomic E-state index is 13.1. The van der Waals surface area contributed by atoms with Gasteiger partial charge >= 0.3 is 12.1 Å². The molecule has 7 nitrogen and oxygen atoms in total. The number of ether oxygens (including phenoxy) is 2. The third-order valence-electron chi connectivity index (χ3n) is 7.04. The average molecular weight is 445 g/mol. The number of rotatable bonds is 6. The van der Waals surface area contributed by atoms with Crippen LogP contribution in [-0.4, -0.2) is 66.6 Å². The van der Waals surface area contributed by atoms with E-state index < -0.39 is 17.0 Å². The largest absolute Gasteiger partial charge is 0.480 e. The summed E-state index contributed by atoms with van der Waals surface area (Å²) in [6, 6.07) is 7.95. The highest BCUT2D eigenvalue weighted by molar-refractivity contribution is 5.83. The number of nitrogens with zero attached hydrogens (tertiary/aromatic N) is 2. The lowest BCUT2D eigenvalue weighted by atomic mass is 9.78. The molecule has 1 saturated carbocycles. The molecule has 3 aliphatic rings. The zero-order valence-electron chi connectivity index (χ0n) is 19.5. The predicted molar refractivity (Wildman–Crippen MR) is 122 cm³/mol. The van der Waals surface area contributed by atoms with Gasteiger partial charge in [0.15, 0.2) is 0 Å². The summed E-state index contributed by atoms with van der Waals surface area (Å²) in [5.41, 5.74) is 0.421. The van der Waals surface area contributed by atoms with Crippen LogP contribution >= 0.6 is 0 Å². The summed E-state index contributed by atoms with van der Waals surface area (Å²) >= 11 is 0. The molecule has 3 fully saturated rings. The molecule has 0 bridgehead atoms. The van der Waals surface area contributed by atoms with E-state index in [1.54, 1.807) is 0 Å². The molecule has 2 aliphatic heterocycles. The quantitative estimate of drug-likeness (QED) is 0.713. The van der Waals surface area contributed by atoms with Crippen molar-refractivity contribution in [1.82, 2.24) is 4.90 Å². The van der Waals surface area contributed by atoms with E-state index in [1.807, 2.05) is 49.9 Å². The van der Waals surface area contributed by atoms with Crippen molar-refractivity contribution in [3.05, 3.63) is 29.8 Å². The minimum Gasteiger partial charge on any atom is -0.480 e. The first-order chi connectivity index (χ1) is 15.2. The first-order valence-corrected chi connectivity index (χ1v) is 11.8. The second-order valence-electron chi connectivity index (χ2n) is 10.6. The number of hydrogen-bond donors (Lipinski definition) is 1. The maximum atomic E-state index is 13.1. The summed E-state index contributed by atoms with van der Waals surface area (Å²) in [7, 11) is 0. The summed E-state index contributed by atoms with van der Waals surface area (Å²) in [5.74, 6) is -0.257. The Morgan fingerprint density at radius 2 is 1.84 bits per heavy atom. The van der Waals surface area contributed by atoms with Gasteiger partial charge in [0, 0.05) is 25.3 Å². The van der Waals surface area contributed by atoms with Gasteiger partial charge in [0.05, 0.1) is 19.3 Å². The van der Waals surface area contributed by atoms with Crippen LogP contribution in [0.1, 0.15) is 58.4 Å². The van der Waals surface area contributed by atoms with Crippen molar-refractivity contribution >= 4 is 17.7 Å². The van der Waals surface area contributed by atoms with E-state index in [2.05, 4.69) is 4.90 Å². The zero-order valence-corrected chi connectivity index (χ0v) is 19.5. The second-order valence-corrected chi connectivity index (χ2v) is 10.6. The van der Waals surface area contributed by atoms with Crippen LogP contribution in [0.3, 0.4) is 0 Å². The summed E-state index contributed by atoms with van der Waals surface area (Å²) in [5, 5.41) is 9.64. The lowest BCUT2D eigenvalue weighted by molar-refractivity contribution is -0.163. The smallest absolute Gasteiger partial charge is 0.410 e. The van der Waals surface area contributed by atoms with Crippen molar-refractivity contribution in [3.8, 4) is 0 Å². The average Bonchev–Trinajstić information content (AvgIpc) is 2.65. The Bertz CT molecular complexity index is 824. The molecule has 2 heterocycles. The molecule has 1 N–H and O–H groups in total. The summed E-state index contributed by atoms with van der Waals surface area (Å²) in [4.78, 5) is 29.1. The highest BCUT2D eigenvalue weighted by atomic mass is 16.6. The van der Waals surface area contributed by atoms with Gasteiger partial charge in [0.2, 0.25) is 0 Å². The zero-order chi connectivity index (χ0) is 22.9. The van der Waals surface area contributed by atoms with Crippen LogP contribution in [0.4, 0.5) is 10.5 Å². The molecule has 4 rings (SSSR count). The minimum atomic E-state index is -0.917. The Morgan fingerprint density at radius 3 is 2.34 bits per heavy atom. The molecule has 1 amide bonds. The fraction of sp³-hybridized carbons (Fsp3) is 0.680. The first kappa shape index (κ1) is 22.9. The number of amides is 1. The molecule has 0 radical (unpaired) electrons. The van der Waals surface area contributed by atoms with E-state index >= 15 is 0 Å². The maximum Gasteiger partial charge on any atom is 0.410 e. The van der Waals surface area contributed by atoms with Crippen molar-refractivity contribution < 1.29 is 24.2 Å². The number of anilines is 1. The highest BCUT2D eigenvalue weighted by Gasteiger charge is 2.47. The monoisotopic (exact) mass is 444 g/mol. The number of carbonyl (C=O) groups is 2. The number of aliphatic carboxylic acids is 1. The van der Waals surface area contributed by atoms with Crippen LogP contribution in [-0.2, 0) is 19.7 Å². The van der Waals surface area contributed by atoms with Crippen molar-refractivity contribution in [3.63, 3.8) is 0 Å². The van der Waals surface area contributed by atoms with Gasteiger partial charge in [0.25, 0.3) is 0 Å². The van der Waals surface area contributed by atoms with E-state index in [1.165, 1.54) is 19.3 Å². The van der Waals surface area contributed by atoms with Crippen LogP contribution in [0.2, 0.25) is 0 Å². The van der Waals surface area contributed by atoms with Gasteiger partial charge in [-0.1, -0.05) is 18.6 Å². The number of benzene rings is 1.